The third kappa shape index (κ3) is 3.27. The fourth-order valence-corrected chi connectivity index (χ4v) is 4.98. The first-order valence-electron chi connectivity index (χ1n) is 11.3. The maximum absolute atomic E-state index is 13.5. The Labute approximate surface area is 197 Å². The van der Waals surface area contributed by atoms with Gasteiger partial charge in [0.2, 0.25) is 5.88 Å². The van der Waals surface area contributed by atoms with Crippen molar-refractivity contribution < 1.29 is 14.3 Å². The van der Waals surface area contributed by atoms with Gasteiger partial charge in [0.25, 0.3) is 0 Å². The van der Waals surface area contributed by atoms with Crippen molar-refractivity contribution in [3.8, 4) is 23.0 Å². The Morgan fingerprint density at radius 1 is 1.06 bits per heavy atom. The lowest BCUT2D eigenvalue weighted by molar-refractivity contribution is -0.118. The number of methoxy groups -OCH3 is 1. The summed E-state index contributed by atoms with van der Waals surface area (Å²) in [6.07, 6.45) is 2.77. The molecule has 0 bridgehead atoms. The van der Waals surface area contributed by atoms with Crippen LogP contribution in [0.2, 0.25) is 0 Å². The molecule has 2 aliphatic rings. The molecule has 0 saturated carbocycles. The van der Waals surface area contributed by atoms with Crippen LogP contribution in [0.5, 0.6) is 11.6 Å². The maximum Gasteiger partial charge on any atom is 0.228 e. The van der Waals surface area contributed by atoms with Gasteiger partial charge >= 0.3 is 0 Å². The van der Waals surface area contributed by atoms with Crippen LogP contribution in [0.3, 0.4) is 0 Å². The summed E-state index contributed by atoms with van der Waals surface area (Å²) in [5.41, 5.74) is 3.79. The fraction of sp³-hybridized carbons (Fsp3) is 0.259. The molecule has 0 fully saturated rings. The molecule has 0 radical (unpaired) electrons. The predicted octanol–water partition coefficient (Wildman–Crippen LogP) is 4.97. The van der Waals surface area contributed by atoms with E-state index < -0.39 is 0 Å². The topological polar surface area (TPSA) is 78.6 Å². The summed E-state index contributed by atoms with van der Waals surface area (Å²) in [5, 5.41) is 4.66. The first-order valence-corrected chi connectivity index (χ1v) is 11.3. The van der Waals surface area contributed by atoms with Crippen LogP contribution >= 0.6 is 0 Å². The highest BCUT2D eigenvalue weighted by Gasteiger charge is 2.44. The van der Waals surface area contributed by atoms with Crippen LogP contribution in [0.4, 0.5) is 0 Å². The molecule has 3 heterocycles. The van der Waals surface area contributed by atoms with Gasteiger partial charge in [-0.15, -0.1) is 5.10 Å². The van der Waals surface area contributed by atoms with Crippen LogP contribution in [0.1, 0.15) is 43.7 Å². The average Bonchev–Trinajstić information content (AvgIpc) is 3.27. The molecule has 4 aromatic rings. The molecule has 6 rings (SSSR count). The number of aromatic nitrogens is 4. The molecular formula is C27H24N4O3. The van der Waals surface area contributed by atoms with E-state index in [1.807, 2.05) is 54.6 Å². The van der Waals surface area contributed by atoms with Gasteiger partial charge in [0, 0.05) is 29.9 Å². The van der Waals surface area contributed by atoms with Crippen molar-refractivity contribution in [1.29, 1.82) is 0 Å². The summed E-state index contributed by atoms with van der Waals surface area (Å²) in [5.74, 6) is 2.28. The van der Waals surface area contributed by atoms with Gasteiger partial charge in [0.1, 0.15) is 17.8 Å². The number of ether oxygens (including phenoxy) is 2. The van der Waals surface area contributed by atoms with Gasteiger partial charge in [-0.1, -0.05) is 56.3 Å². The zero-order valence-corrected chi connectivity index (χ0v) is 19.3. The van der Waals surface area contributed by atoms with Gasteiger partial charge in [-0.2, -0.15) is 0 Å². The molecule has 0 amide bonds. The molecule has 1 atom stereocenters. The van der Waals surface area contributed by atoms with E-state index in [9.17, 15) is 4.79 Å². The van der Waals surface area contributed by atoms with E-state index in [1.54, 1.807) is 18.0 Å². The number of fused-ring (bicyclic) bond motifs is 3. The molecule has 170 valence electrons. The first-order chi connectivity index (χ1) is 16.4. The summed E-state index contributed by atoms with van der Waals surface area (Å²) in [4.78, 5) is 23.0. The lowest BCUT2D eigenvalue weighted by Crippen LogP contribution is -2.33. The second-order valence-electron chi connectivity index (χ2n) is 9.62. The second-order valence-corrected chi connectivity index (χ2v) is 9.62. The normalized spacial score (nSPS) is 18.9. The minimum absolute atomic E-state index is 0.0996. The van der Waals surface area contributed by atoms with E-state index in [0.717, 1.165) is 22.4 Å². The number of rotatable bonds is 3. The van der Waals surface area contributed by atoms with Crippen molar-refractivity contribution in [2.24, 2.45) is 5.41 Å². The molecule has 7 nitrogen and oxygen atoms in total. The van der Waals surface area contributed by atoms with Gasteiger partial charge in [-0.25, -0.2) is 14.5 Å². The molecule has 34 heavy (non-hydrogen) atoms. The third-order valence-corrected chi connectivity index (χ3v) is 6.54. The minimum Gasteiger partial charge on any atom is -0.497 e. The molecular weight excluding hydrogens is 428 g/mol. The number of allylic oxidation sites excluding steroid dienone is 2. The average molecular weight is 453 g/mol. The van der Waals surface area contributed by atoms with Crippen molar-refractivity contribution in [2.45, 2.75) is 32.6 Å². The van der Waals surface area contributed by atoms with Crippen molar-refractivity contribution in [3.05, 3.63) is 83.4 Å². The predicted molar refractivity (Wildman–Crippen MR) is 127 cm³/mol. The van der Waals surface area contributed by atoms with Crippen LogP contribution in [0, 0.1) is 5.41 Å². The molecule has 2 aromatic heterocycles. The molecule has 2 aromatic carbocycles. The number of carbonyl (C=O) groups is 1. The first kappa shape index (κ1) is 20.6. The van der Waals surface area contributed by atoms with Crippen LogP contribution in [0.25, 0.3) is 17.0 Å². The standard InChI is InChI=1S/C27H24N4O3/c1-27(2)13-19(32)22-20(14-27)34-26-23(21(22)16-9-11-18(33-3)12-10-16)25-29-24(30-31(25)15-28-26)17-7-5-4-6-8-17/h4-12,15,21H,13-14H2,1-3H3/t21-/m0/s1. The number of nitrogens with zero attached hydrogens (tertiary/aromatic N) is 4. The Morgan fingerprint density at radius 3 is 2.56 bits per heavy atom. The van der Waals surface area contributed by atoms with Crippen LogP contribution in [-0.2, 0) is 4.79 Å². The highest BCUT2D eigenvalue weighted by Crippen LogP contribution is 2.50. The molecule has 7 heteroatoms. The molecule has 1 aliphatic carbocycles. The van der Waals surface area contributed by atoms with Crippen molar-refractivity contribution >= 4 is 11.4 Å². The zero-order chi connectivity index (χ0) is 23.4. The van der Waals surface area contributed by atoms with Gasteiger partial charge in [-0.05, 0) is 23.1 Å². The van der Waals surface area contributed by atoms with E-state index >= 15 is 0 Å². The van der Waals surface area contributed by atoms with Gasteiger partial charge in [0.15, 0.2) is 17.3 Å². The highest BCUT2D eigenvalue weighted by molar-refractivity contribution is 6.00. The smallest absolute Gasteiger partial charge is 0.228 e. The fourth-order valence-electron chi connectivity index (χ4n) is 4.98. The molecule has 0 saturated heterocycles. The Hall–Kier alpha value is -4.00. The lowest BCUT2D eigenvalue weighted by Gasteiger charge is -2.37. The molecule has 0 N–H and O–H groups in total. The number of benzene rings is 2. The molecule has 0 spiro atoms. The van der Waals surface area contributed by atoms with E-state index in [-0.39, 0.29) is 17.1 Å². The summed E-state index contributed by atoms with van der Waals surface area (Å²) >= 11 is 0. The monoisotopic (exact) mass is 452 g/mol. The SMILES string of the molecule is COc1ccc([C@H]2C3=C(CC(C)(C)CC3=O)Oc3ncn4nc(-c5ccccc5)nc4c32)cc1. The summed E-state index contributed by atoms with van der Waals surface area (Å²) in [6, 6.07) is 17.6. The lowest BCUT2D eigenvalue weighted by atomic mass is 9.70. The minimum atomic E-state index is -0.350. The van der Waals surface area contributed by atoms with Crippen molar-refractivity contribution in [2.75, 3.05) is 7.11 Å². The Morgan fingerprint density at radius 2 is 1.82 bits per heavy atom. The van der Waals surface area contributed by atoms with E-state index in [0.29, 0.717) is 41.5 Å². The second kappa shape index (κ2) is 7.52. The van der Waals surface area contributed by atoms with Gasteiger partial charge in [0.05, 0.1) is 12.7 Å². The maximum atomic E-state index is 13.5. The van der Waals surface area contributed by atoms with Crippen LogP contribution < -0.4 is 9.47 Å². The summed E-state index contributed by atoms with van der Waals surface area (Å²) < 4.78 is 13.3. The van der Waals surface area contributed by atoms with Gasteiger partial charge < -0.3 is 9.47 Å². The number of hydrogen-bond donors (Lipinski definition) is 0. The van der Waals surface area contributed by atoms with E-state index in [1.165, 1.54) is 0 Å². The quantitative estimate of drug-likeness (QED) is 0.437. The molecule has 0 unspecified atom stereocenters. The van der Waals surface area contributed by atoms with Crippen molar-refractivity contribution in [1.82, 2.24) is 19.6 Å². The third-order valence-electron chi connectivity index (χ3n) is 6.54. The number of Topliss-reactive ketones (excluding diaryl/α,β-unsaturated/α-hetero) is 1. The largest absolute Gasteiger partial charge is 0.497 e. The van der Waals surface area contributed by atoms with Gasteiger partial charge in [-0.3, -0.25) is 4.79 Å². The highest BCUT2D eigenvalue weighted by atomic mass is 16.5. The van der Waals surface area contributed by atoms with Crippen molar-refractivity contribution in [3.63, 3.8) is 0 Å². The van der Waals surface area contributed by atoms with Crippen LogP contribution in [-0.4, -0.2) is 32.5 Å². The Kier molecular flexibility index (Phi) is 4.55. The zero-order valence-electron chi connectivity index (χ0n) is 19.3. The van der Waals surface area contributed by atoms with E-state index in [2.05, 4.69) is 23.9 Å². The summed E-state index contributed by atoms with van der Waals surface area (Å²) in [7, 11) is 1.64. The number of hydrogen-bond acceptors (Lipinski definition) is 6. The van der Waals surface area contributed by atoms with Crippen LogP contribution in [0.15, 0.2) is 72.3 Å². The number of carbonyl (C=O) groups excluding carboxylic acids is 1. The summed E-state index contributed by atoms with van der Waals surface area (Å²) in [6.45, 7) is 4.19. The molecule has 1 aliphatic heterocycles. The van der Waals surface area contributed by atoms with E-state index in [4.69, 9.17) is 14.5 Å². The Bertz CT molecular complexity index is 1450. The number of ketones is 1. The Balaban J connectivity index is 1.59.